The molecule has 40 heavy (non-hydrogen) atoms. The minimum atomic E-state index is -4.71. The molecule has 4 rings (SSSR count). The van der Waals surface area contributed by atoms with Gasteiger partial charge in [0.25, 0.3) is 0 Å². The molecule has 0 spiro atoms. The van der Waals surface area contributed by atoms with E-state index in [0.29, 0.717) is 9.21 Å². The number of methoxy groups -OCH3 is 1. The monoisotopic (exact) mass is 600 g/mol. The maximum atomic E-state index is 13.4. The van der Waals surface area contributed by atoms with Gasteiger partial charge in [0.2, 0.25) is 5.91 Å². The number of rotatable bonds is 12. The smallest absolute Gasteiger partial charge is 0.416 e. The van der Waals surface area contributed by atoms with Crippen LogP contribution in [-0.2, 0) is 38.4 Å². The third kappa shape index (κ3) is 6.45. The Morgan fingerprint density at radius 3 is 2.55 bits per heavy atom. The van der Waals surface area contributed by atoms with Gasteiger partial charge in [-0.05, 0) is 36.6 Å². The van der Waals surface area contributed by atoms with Gasteiger partial charge in [0, 0.05) is 13.5 Å². The van der Waals surface area contributed by atoms with Crippen LogP contribution in [0.1, 0.15) is 36.3 Å². The van der Waals surface area contributed by atoms with Crippen molar-refractivity contribution < 1.29 is 37.4 Å². The summed E-state index contributed by atoms with van der Waals surface area (Å²) in [6.07, 6.45) is -4.99. The number of nitrogens with one attached hydrogen (secondary N) is 1. The standard InChI is InChI=1S/C25H24ClF3N4O6S/c1-39-10-9-32-20(18-5-6-19(26)40-18)31-33(23(32)38)13-16(34)12-17(21(35)30-24(7-8-24)22(36)37)14-3-2-4-15(11-14)25(27,28)29/h2-6,11,17H,7-10,12-13H2,1H3,(H,30,35)(H,36,37). The average Bonchev–Trinajstić information content (AvgIpc) is 3.46. The van der Waals surface area contributed by atoms with Crippen molar-refractivity contribution in [2.45, 2.75) is 50.0 Å². The fourth-order valence-corrected chi connectivity index (χ4v) is 5.18. The highest BCUT2D eigenvalue weighted by atomic mass is 35.5. The van der Waals surface area contributed by atoms with E-state index in [1.54, 1.807) is 12.1 Å². The van der Waals surface area contributed by atoms with Crippen molar-refractivity contribution in [1.82, 2.24) is 19.7 Å². The number of halogens is 4. The maximum Gasteiger partial charge on any atom is 0.416 e. The number of nitrogens with zero attached hydrogens (tertiary/aromatic N) is 3. The first-order valence-electron chi connectivity index (χ1n) is 12.0. The fourth-order valence-electron chi connectivity index (χ4n) is 4.14. The number of carbonyl (C=O) groups excluding carboxylic acids is 2. The van der Waals surface area contributed by atoms with Crippen molar-refractivity contribution in [1.29, 1.82) is 0 Å². The Kier molecular flexibility index (Phi) is 8.52. The van der Waals surface area contributed by atoms with Crippen LogP contribution in [0.2, 0.25) is 4.34 Å². The third-order valence-electron chi connectivity index (χ3n) is 6.45. The van der Waals surface area contributed by atoms with E-state index in [0.717, 1.165) is 22.9 Å². The molecular weight excluding hydrogens is 577 g/mol. The Hall–Kier alpha value is -3.49. The molecular formula is C25H24ClF3N4O6S. The number of aromatic nitrogens is 3. The van der Waals surface area contributed by atoms with Crippen LogP contribution in [0.4, 0.5) is 13.2 Å². The normalized spacial score (nSPS) is 15.0. The number of amides is 1. The van der Waals surface area contributed by atoms with Gasteiger partial charge in [0.15, 0.2) is 11.6 Å². The molecule has 1 fully saturated rings. The molecule has 0 aliphatic heterocycles. The number of Topliss-reactive ketones (excluding diaryl/α,β-unsaturated/α-hetero) is 1. The zero-order valence-electron chi connectivity index (χ0n) is 21.0. The van der Waals surface area contributed by atoms with Crippen LogP contribution in [-0.4, -0.2) is 56.4 Å². The van der Waals surface area contributed by atoms with Crippen molar-refractivity contribution in [2.24, 2.45) is 0 Å². The summed E-state index contributed by atoms with van der Waals surface area (Å²) < 4.78 is 47.8. The van der Waals surface area contributed by atoms with Gasteiger partial charge in [0.05, 0.1) is 33.8 Å². The average molecular weight is 601 g/mol. The number of carboxylic acids is 1. The zero-order valence-corrected chi connectivity index (χ0v) is 22.6. The second-order valence-corrected chi connectivity index (χ2v) is 11.0. The number of thiophene rings is 1. The lowest BCUT2D eigenvalue weighted by atomic mass is 9.91. The molecule has 15 heteroatoms. The van der Waals surface area contributed by atoms with Gasteiger partial charge in [0.1, 0.15) is 12.1 Å². The molecule has 0 radical (unpaired) electrons. The summed E-state index contributed by atoms with van der Waals surface area (Å²) in [6, 6.07) is 7.23. The highest BCUT2D eigenvalue weighted by molar-refractivity contribution is 7.19. The topological polar surface area (TPSA) is 133 Å². The van der Waals surface area contributed by atoms with E-state index < -0.39 is 59.5 Å². The van der Waals surface area contributed by atoms with Crippen LogP contribution < -0.4 is 11.0 Å². The minimum Gasteiger partial charge on any atom is -0.480 e. The summed E-state index contributed by atoms with van der Waals surface area (Å²) in [4.78, 5) is 51.6. The summed E-state index contributed by atoms with van der Waals surface area (Å²) in [5, 5.41) is 16.1. The van der Waals surface area contributed by atoms with E-state index in [-0.39, 0.29) is 37.4 Å². The van der Waals surface area contributed by atoms with Crippen molar-refractivity contribution in [3.63, 3.8) is 0 Å². The van der Waals surface area contributed by atoms with Crippen LogP contribution >= 0.6 is 22.9 Å². The predicted molar refractivity (Wildman–Crippen MR) is 138 cm³/mol. The van der Waals surface area contributed by atoms with E-state index in [9.17, 15) is 37.5 Å². The van der Waals surface area contributed by atoms with Crippen molar-refractivity contribution in [3.8, 4) is 10.7 Å². The maximum absolute atomic E-state index is 13.4. The van der Waals surface area contributed by atoms with E-state index in [1.165, 1.54) is 29.1 Å². The molecule has 0 bridgehead atoms. The van der Waals surface area contributed by atoms with Crippen molar-refractivity contribution in [3.05, 3.63) is 62.3 Å². The number of carboxylic acid groups (broad SMARTS) is 1. The highest BCUT2D eigenvalue weighted by Crippen LogP contribution is 2.37. The first-order valence-corrected chi connectivity index (χ1v) is 13.2. The molecule has 1 saturated carbocycles. The molecule has 2 aromatic heterocycles. The number of ketones is 1. The SMILES string of the molecule is COCCn1c(-c2ccc(Cl)s2)nn(CC(=O)CC(C(=O)NC2(C(=O)O)CC2)c2cccc(C(F)(F)F)c2)c1=O. The van der Waals surface area contributed by atoms with Crippen LogP contribution in [0.5, 0.6) is 0 Å². The molecule has 1 aliphatic carbocycles. The first-order chi connectivity index (χ1) is 18.8. The predicted octanol–water partition coefficient (Wildman–Crippen LogP) is 3.57. The largest absolute Gasteiger partial charge is 0.480 e. The number of aliphatic carboxylic acids is 1. The second-order valence-electron chi connectivity index (χ2n) is 9.31. The Balaban J connectivity index is 1.63. The molecule has 10 nitrogen and oxygen atoms in total. The summed E-state index contributed by atoms with van der Waals surface area (Å²) >= 11 is 7.19. The second kappa shape index (κ2) is 11.6. The Morgan fingerprint density at radius 2 is 1.98 bits per heavy atom. The van der Waals surface area contributed by atoms with E-state index >= 15 is 0 Å². The van der Waals surface area contributed by atoms with E-state index in [4.69, 9.17) is 16.3 Å². The number of carbonyl (C=O) groups is 3. The van der Waals surface area contributed by atoms with Crippen LogP contribution in [0.3, 0.4) is 0 Å². The van der Waals surface area contributed by atoms with Crippen molar-refractivity contribution >= 4 is 40.6 Å². The fraction of sp³-hybridized carbons (Fsp3) is 0.400. The molecule has 1 aliphatic rings. The van der Waals surface area contributed by atoms with Gasteiger partial charge in [-0.3, -0.25) is 14.2 Å². The summed E-state index contributed by atoms with van der Waals surface area (Å²) in [6.45, 7) is -0.270. The number of hydrogen-bond acceptors (Lipinski definition) is 7. The lowest BCUT2D eigenvalue weighted by Gasteiger charge is -2.21. The van der Waals surface area contributed by atoms with Crippen LogP contribution in [0, 0.1) is 0 Å². The summed E-state index contributed by atoms with van der Waals surface area (Å²) in [5.74, 6) is -4.04. The van der Waals surface area contributed by atoms with Crippen LogP contribution in [0.25, 0.3) is 10.7 Å². The molecule has 2 N–H and O–H groups in total. The number of ether oxygens (including phenoxy) is 1. The lowest BCUT2D eigenvalue weighted by Crippen LogP contribution is -2.45. The first kappa shape index (κ1) is 29.5. The van der Waals surface area contributed by atoms with E-state index in [2.05, 4.69) is 10.4 Å². The Labute approximate surface area is 234 Å². The molecule has 0 saturated heterocycles. The summed E-state index contributed by atoms with van der Waals surface area (Å²) in [7, 11) is 1.45. The van der Waals surface area contributed by atoms with Gasteiger partial charge in [-0.15, -0.1) is 16.4 Å². The van der Waals surface area contributed by atoms with Gasteiger partial charge in [-0.2, -0.15) is 13.2 Å². The molecule has 1 atom stereocenters. The van der Waals surface area contributed by atoms with Gasteiger partial charge < -0.3 is 15.2 Å². The number of benzene rings is 1. The van der Waals surface area contributed by atoms with E-state index in [1.807, 2.05) is 0 Å². The third-order valence-corrected chi connectivity index (χ3v) is 7.68. The molecule has 1 aromatic carbocycles. The quantitative estimate of drug-likeness (QED) is 0.325. The summed E-state index contributed by atoms with van der Waals surface area (Å²) in [5.41, 5.74) is -3.29. The molecule has 1 unspecified atom stereocenters. The van der Waals surface area contributed by atoms with Gasteiger partial charge >= 0.3 is 17.8 Å². The molecule has 3 aromatic rings. The van der Waals surface area contributed by atoms with Gasteiger partial charge in [-0.1, -0.05) is 29.8 Å². The minimum absolute atomic E-state index is 0.117. The molecule has 214 valence electrons. The molecule has 1 amide bonds. The molecule has 2 heterocycles. The lowest BCUT2D eigenvalue weighted by molar-refractivity contribution is -0.143. The van der Waals surface area contributed by atoms with Crippen molar-refractivity contribution in [2.75, 3.05) is 13.7 Å². The zero-order chi connectivity index (χ0) is 29.2. The number of hydrogen-bond donors (Lipinski definition) is 2. The Morgan fingerprint density at radius 1 is 1.25 bits per heavy atom. The Bertz CT molecular complexity index is 1490. The number of alkyl halides is 3. The van der Waals surface area contributed by atoms with Gasteiger partial charge in [-0.25, -0.2) is 14.3 Å². The highest BCUT2D eigenvalue weighted by Gasteiger charge is 2.52. The van der Waals surface area contributed by atoms with Crippen LogP contribution in [0.15, 0.2) is 41.2 Å².